The number of hydrogen-bond donors (Lipinski definition) is 1. The van der Waals surface area contributed by atoms with Gasteiger partial charge in [0.15, 0.2) is 0 Å². The van der Waals surface area contributed by atoms with Crippen molar-refractivity contribution in [2.24, 2.45) is 0 Å². The summed E-state index contributed by atoms with van der Waals surface area (Å²) in [5, 5.41) is 0.694. The van der Waals surface area contributed by atoms with Crippen LogP contribution in [0.2, 0.25) is 5.02 Å². The molecule has 1 fully saturated rings. The van der Waals surface area contributed by atoms with Gasteiger partial charge in [-0.2, -0.15) is 0 Å². The zero-order chi connectivity index (χ0) is 22.7. The number of halogens is 1. The van der Waals surface area contributed by atoms with Gasteiger partial charge >= 0.3 is 0 Å². The molecule has 0 aliphatic carbocycles. The molecule has 8 heteroatoms. The molecule has 6 nitrogen and oxygen atoms in total. The summed E-state index contributed by atoms with van der Waals surface area (Å²) in [5.74, 6) is -0.0590. The number of nitrogens with zero attached hydrogens (tertiary/aromatic N) is 2. The van der Waals surface area contributed by atoms with Crippen molar-refractivity contribution in [2.45, 2.75) is 11.8 Å². The van der Waals surface area contributed by atoms with E-state index in [1.165, 1.54) is 0 Å². The van der Waals surface area contributed by atoms with Gasteiger partial charge in [0.1, 0.15) is 0 Å². The SMILES string of the molecule is Cc1cc(C(=O)N2CCN(c3cccc(Cl)c3)CC2)ccc1NS(=O)(=O)c1ccccc1. The summed E-state index contributed by atoms with van der Waals surface area (Å²) >= 11 is 6.09. The van der Waals surface area contributed by atoms with Crippen molar-refractivity contribution in [1.82, 2.24) is 4.90 Å². The maximum Gasteiger partial charge on any atom is 0.261 e. The van der Waals surface area contributed by atoms with Crippen molar-refractivity contribution >= 4 is 38.9 Å². The summed E-state index contributed by atoms with van der Waals surface area (Å²) < 4.78 is 27.8. The monoisotopic (exact) mass is 469 g/mol. The van der Waals surface area contributed by atoms with E-state index in [2.05, 4.69) is 9.62 Å². The van der Waals surface area contributed by atoms with Crippen molar-refractivity contribution in [3.63, 3.8) is 0 Å². The fraction of sp³-hybridized carbons (Fsp3) is 0.208. The molecular weight excluding hydrogens is 446 g/mol. The van der Waals surface area contributed by atoms with Crippen LogP contribution >= 0.6 is 11.6 Å². The van der Waals surface area contributed by atoms with Crippen molar-refractivity contribution in [3.8, 4) is 0 Å². The molecular formula is C24H24ClN3O3S. The minimum absolute atomic E-state index is 0.0590. The number of rotatable bonds is 5. The minimum Gasteiger partial charge on any atom is -0.368 e. The Morgan fingerprint density at radius 1 is 0.906 bits per heavy atom. The maximum absolute atomic E-state index is 13.0. The number of aryl methyl sites for hydroxylation is 1. The van der Waals surface area contributed by atoms with Crippen LogP contribution in [0.15, 0.2) is 77.7 Å². The van der Waals surface area contributed by atoms with E-state index in [1.54, 1.807) is 55.5 Å². The average molecular weight is 470 g/mol. The van der Waals surface area contributed by atoms with Gasteiger partial charge < -0.3 is 9.80 Å². The van der Waals surface area contributed by atoms with Crippen LogP contribution in [0.4, 0.5) is 11.4 Å². The van der Waals surface area contributed by atoms with Gasteiger partial charge in [0.2, 0.25) is 0 Å². The van der Waals surface area contributed by atoms with Gasteiger partial charge in [-0.05, 0) is 61.0 Å². The lowest BCUT2D eigenvalue weighted by Crippen LogP contribution is -2.48. The first-order valence-corrected chi connectivity index (χ1v) is 12.2. The molecule has 166 valence electrons. The van der Waals surface area contributed by atoms with Gasteiger partial charge in [-0.3, -0.25) is 9.52 Å². The first-order chi connectivity index (χ1) is 15.3. The van der Waals surface area contributed by atoms with E-state index in [4.69, 9.17) is 11.6 Å². The number of piperazine rings is 1. The Balaban J connectivity index is 1.42. The second-order valence-electron chi connectivity index (χ2n) is 7.71. The lowest BCUT2D eigenvalue weighted by atomic mass is 10.1. The second kappa shape index (κ2) is 9.22. The van der Waals surface area contributed by atoms with Gasteiger partial charge in [-0.15, -0.1) is 0 Å². The van der Waals surface area contributed by atoms with Crippen molar-refractivity contribution in [1.29, 1.82) is 0 Å². The Bertz CT molecular complexity index is 1220. The molecule has 0 spiro atoms. The Morgan fingerprint density at radius 3 is 2.28 bits per heavy atom. The van der Waals surface area contributed by atoms with Gasteiger partial charge in [0, 0.05) is 42.5 Å². The highest BCUT2D eigenvalue weighted by Gasteiger charge is 2.23. The third-order valence-electron chi connectivity index (χ3n) is 5.51. The Kier molecular flexibility index (Phi) is 6.39. The summed E-state index contributed by atoms with van der Waals surface area (Å²) in [6, 6.07) is 20.9. The van der Waals surface area contributed by atoms with Crippen LogP contribution in [-0.4, -0.2) is 45.4 Å². The molecule has 1 heterocycles. The lowest BCUT2D eigenvalue weighted by Gasteiger charge is -2.36. The Labute approximate surface area is 193 Å². The maximum atomic E-state index is 13.0. The van der Waals surface area contributed by atoms with Crippen molar-refractivity contribution < 1.29 is 13.2 Å². The van der Waals surface area contributed by atoms with Crippen LogP contribution in [0.1, 0.15) is 15.9 Å². The molecule has 0 unspecified atom stereocenters. The third kappa shape index (κ3) is 4.89. The molecule has 1 amide bonds. The molecule has 0 atom stereocenters. The zero-order valence-electron chi connectivity index (χ0n) is 17.7. The van der Waals surface area contributed by atoms with E-state index in [1.807, 2.05) is 29.2 Å². The van der Waals surface area contributed by atoms with E-state index in [0.29, 0.717) is 34.9 Å². The molecule has 0 saturated carbocycles. The summed E-state index contributed by atoms with van der Waals surface area (Å²) in [6.45, 7) is 4.44. The molecule has 1 aliphatic heterocycles. The summed E-state index contributed by atoms with van der Waals surface area (Å²) in [5.41, 5.74) is 2.74. The fourth-order valence-electron chi connectivity index (χ4n) is 3.74. The topological polar surface area (TPSA) is 69.7 Å². The van der Waals surface area contributed by atoms with Crippen LogP contribution < -0.4 is 9.62 Å². The van der Waals surface area contributed by atoms with E-state index in [0.717, 1.165) is 18.8 Å². The van der Waals surface area contributed by atoms with E-state index >= 15 is 0 Å². The zero-order valence-corrected chi connectivity index (χ0v) is 19.2. The molecule has 0 aromatic heterocycles. The number of carbonyl (C=O) groups is 1. The number of nitrogens with one attached hydrogen (secondary N) is 1. The van der Waals surface area contributed by atoms with Crippen LogP contribution in [-0.2, 0) is 10.0 Å². The highest BCUT2D eigenvalue weighted by Crippen LogP contribution is 2.24. The van der Waals surface area contributed by atoms with Crippen LogP contribution in [0, 0.1) is 6.92 Å². The molecule has 1 N–H and O–H groups in total. The van der Waals surface area contributed by atoms with Gasteiger partial charge in [-0.25, -0.2) is 8.42 Å². The predicted molar refractivity (Wildman–Crippen MR) is 128 cm³/mol. The third-order valence-corrected chi connectivity index (χ3v) is 7.13. The average Bonchev–Trinajstić information content (AvgIpc) is 2.80. The molecule has 1 saturated heterocycles. The highest BCUT2D eigenvalue weighted by molar-refractivity contribution is 7.92. The predicted octanol–water partition coefficient (Wildman–Crippen LogP) is 4.41. The second-order valence-corrected chi connectivity index (χ2v) is 9.83. The summed E-state index contributed by atoms with van der Waals surface area (Å²) in [7, 11) is -3.69. The standard InChI is InChI=1S/C24H24ClN3O3S/c1-18-16-19(10-11-23(18)26-32(30,31)22-8-3-2-4-9-22)24(29)28-14-12-27(13-15-28)21-7-5-6-20(25)17-21/h2-11,16-17,26H,12-15H2,1H3. The van der Waals surface area contributed by atoms with Gasteiger partial charge in [0.25, 0.3) is 15.9 Å². The summed E-state index contributed by atoms with van der Waals surface area (Å²) in [4.78, 5) is 17.2. The number of hydrogen-bond acceptors (Lipinski definition) is 4. The van der Waals surface area contributed by atoms with Crippen molar-refractivity contribution in [3.05, 3.63) is 88.9 Å². The Hall–Kier alpha value is -3.03. The lowest BCUT2D eigenvalue weighted by molar-refractivity contribution is 0.0746. The molecule has 1 aliphatic rings. The van der Waals surface area contributed by atoms with Crippen LogP contribution in [0.5, 0.6) is 0 Å². The van der Waals surface area contributed by atoms with Gasteiger partial charge in [0.05, 0.1) is 10.6 Å². The number of benzene rings is 3. The normalized spacial score (nSPS) is 14.3. The molecule has 32 heavy (non-hydrogen) atoms. The Morgan fingerprint density at radius 2 is 1.62 bits per heavy atom. The largest absolute Gasteiger partial charge is 0.368 e. The molecule has 4 rings (SSSR count). The van der Waals surface area contributed by atoms with Crippen molar-refractivity contribution in [2.75, 3.05) is 35.8 Å². The number of anilines is 2. The van der Waals surface area contributed by atoms with E-state index in [-0.39, 0.29) is 10.8 Å². The molecule has 3 aromatic rings. The molecule has 0 bridgehead atoms. The molecule has 3 aromatic carbocycles. The first kappa shape index (κ1) is 22.2. The minimum atomic E-state index is -3.69. The van der Waals surface area contributed by atoms with Gasteiger partial charge in [-0.1, -0.05) is 35.9 Å². The smallest absolute Gasteiger partial charge is 0.261 e. The number of amides is 1. The quantitative estimate of drug-likeness (QED) is 0.600. The first-order valence-electron chi connectivity index (χ1n) is 10.3. The number of carbonyl (C=O) groups excluding carboxylic acids is 1. The van der Waals surface area contributed by atoms with E-state index < -0.39 is 10.0 Å². The van der Waals surface area contributed by atoms with Crippen LogP contribution in [0.25, 0.3) is 0 Å². The number of sulfonamides is 1. The highest BCUT2D eigenvalue weighted by atomic mass is 35.5. The van der Waals surface area contributed by atoms with E-state index in [9.17, 15) is 13.2 Å². The molecule has 0 radical (unpaired) electrons. The fourth-order valence-corrected chi connectivity index (χ4v) is 5.07. The summed E-state index contributed by atoms with van der Waals surface area (Å²) in [6.07, 6.45) is 0. The van der Waals surface area contributed by atoms with Crippen LogP contribution in [0.3, 0.4) is 0 Å².